The Hall–Kier alpha value is -8.52. The van der Waals surface area contributed by atoms with Gasteiger partial charge in [0.05, 0.1) is 16.5 Å². The summed E-state index contributed by atoms with van der Waals surface area (Å²) in [5.41, 5.74) is 23.0. The minimum absolute atomic E-state index is 0.524. The van der Waals surface area contributed by atoms with E-state index in [-0.39, 0.29) is 0 Å². The monoisotopic (exact) mass is 879 g/mol. The largest absolute Gasteiger partial charge is 0.310 e. The Labute approximate surface area is 405 Å². The van der Waals surface area contributed by atoms with Crippen molar-refractivity contribution in [3.8, 4) is 33.4 Å². The molecule has 10 aromatic rings. The number of hydrogen-bond donors (Lipinski definition) is 0. The molecule has 326 valence electrons. The van der Waals surface area contributed by atoms with E-state index in [4.69, 9.17) is 0 Å². The van der Waals surface area contributed by atoms with Crippen LogP contribution in [0.15, 0.2) is 279 Å². The lowest BCUT2D eigenvalue weighted by Gasteiger charge is -2.50. The quantitative estimate of drug-likeness (QED) is 0.147. The van der Waals surface area contributed by atoms with Gasteiger partial charge >= 0.3 is 0 Å². The summed E-state index contributed by atoms with van der Waals surface area (Å²) in [6.45, 7) is 0. The van der Waals surface area contributed by atoms with Crippen molar-refractivity contribution in [2.75, 3.05) is 4.90 Å². The zero-order chi connectivity index (χ0) is 45.8. The highest BCUT2D eigenvalue weighted by Crippen LogP contribution is 2.66. The maximum Gasteiger partial charge on any atom is 0.0708 e. The summed E-state index contributed by atoms with van der Waals surface area (Å²) in [4.78, 5) is 2.50. The molecule has 0 atom stereocenters. The van der Waals surface area contributed by atoms with Gasteiger partial charge in [-0.1, -0.05) is 243 Å². The molecule has 0 amide bonds. The Morgan fingerprint density at radius 1 is 0.304 bits per heavy atom. The van der Waals surface area contributed by atoms with Crippen LogP contribution in [0.25, 0.3) is 39.0 Å². The minimum Gasteiger partial charge on any atom is -0.310 e. The summed E-state index contributed by atoms with van der Waals surface area (Å²) in [5, 5.41) is 0. The van der Waals surface area contributed by atoms with Crippen LogP contribution in [0, 0.1) is 0 Å². The van der Waals surface area contributed by atoms with E-state index in [0.29, 0.717) is 0 Å². The van der Waals surface area contributed by atoms with Gasteiger partial charge in [0.25, 0.3) is 0 Å². The summed E-state index contributed by atoms with van der Waals surface area (Å²) in [5.74, 6) is 0. The molecule has 1 spiro atoms. The lowest BCUT2D eigenvalue weighted by molar-refractivity contribution is 0.599. The van der Waals surface area contributed by atoms with Crippen molar-refractivity contribution in [3.63, 3.8) is 0 Å². The molecule has 13 rings (SSSR count). The van der Waals surface area contributed by atoms with E-state index in [9.17, 15) is 0 Å². The van der Waals surface area contributed by atoms with Crippen molar-refractivity contribution >= 4 is 22.6 Å². The topological polar surface area (TPSA) is 3.24 Å². The summed E-state index contributed by atoms with van der Waals surface area (Å²) in [6, 6.07) is 96.9. The Balaban J connectivity index is 1.03. The van der Waals surface area contributed by atoms with E-state index in [1.165, 1.54) is 94.7 Å². The van der Waals surface area contributed by atoms with E-state index >= 15 is 0 Å². The van der Waals surface area contributed by atoms with Crippen LogP contribution < -0.4 is 4.90 Å². The second-order valence-corrected chi connectivity index (χ2v) is 18.6. The molecule has 0 unspecified atom stereocenters. The van der Waals surface area contributed by atoms with E-state index in [1.54, 1.807) is 0 Å². The Morgan fingerprint density at radius 2 is 0.667 bits per heavy atom. The highest BCUT2D eigenvalue weighted by molar-refractivity contribution is 6.00. The Kier molecular flexibility index (Phi) is 9.84. The zero-order valence-corrected chi connectivity index (χ0v) is 38.3. The molecule has 0 aliphatic heterocycles. The summed E-state index contributed by atoms with van der Waals surface area (Å²) >= 11 is 0. The lowest BCUT2D eigenvalue weighted by atomic mass is 9.51. The van der Waals surface area contributed by atoms with E-state index in [0.717, 1.165) is 24.2 Å². The average molecular weight is 880 g/mol. The van der Waals surface area contributed by atoms with Crippen LogP contribution in [-0.2, 0) is 10.8 Å². The molecule has 1 heteroatoms. The highest BCUT2D eigenvalue weighted by Gasteiger charge is 2.57. The fourth-order valence-electron chi connectivity index (χ4n) is 12.3. The number of benzene rings is 10. The third-order valence-electron chi connectivity index (χ3n) is 15.1. The van der Waals surface area contributed by atoms with Crippen LogP contribution in [0.4, 0.5) is 17.1 Å². The fraction of sp³-hybridized carbons (Fsp3) is 0.0588. The fourth-order valence-corrected chi connectivity index (χ4v) is 12.3. The van der Waals surface area contributed by atoms with Crippen molar-refractivity contribution in [2.24, 2.45) is 0 Å². The minimum atomic E-state index is -0.539. The molecule has 0 saturated heterocycles. The predicted molar refractivity (Wildman–Crippen MR) is 287 cm³/mol. The lowest BCUT2D eigenvalue weighted by Crippen LogP contribution is -2.45. The van der Waals surface area contributed by atoms with Crippen LogP contribution >= 0.6 is 0 Å². The zero-order valence-electron chi connectivity index (χ0n) is 38.3. The van der Waals surface area contributed by atoms with Crippen LogP contribution in [0.3, 0.4) is 0 Å². The molecule has 1 nitrogen and oxygen atoms in total. The smallest absolute Gasteiger partial charge is 0.0708 e. The number of fused-ring (bicyclic) bond motifs is 8. The number of rotatable bonds is 8. The SMILES string of the molecule is C1=CC2=C(CC1)C1(c3ccccc3C(c3ccccc3)(c3ccccc3)c3ccccc31)c1cccc(N(c3ccc(-c4ccccc4)cc3)c3ccc(-c4ccc(-c5ccccc5)cc4)cc3)c12. The molecule has 0 N–H and O–H groups in total. The van der Waals surface area contributed by atoms with Crippen molar-refractivity contribution in [2.45, 2.75) is 23.7 Å². The standard InChI is InChI=1S/C68H49N/c1-5-20-48(21-6-1)50-36-38-51(39-37-50)53-42-46-57(47-43-53)69(56-44-40-52(41-45-56)49-22-7-2-8-23-49)65-35-19-34-64-66(65)58-28-13-14-29-59(58)68(64)62-32-17-15-30-60(62)67(54-24-9-3-10-25-54,55-26-11-4-12-27-55)61-31-16-18-33-63(61)68/h1-13,15-28,30-47H,14,29H2. The molecule has 0 radical (unpaired) electrons. The van der Waals surface area contributed by atoms with E-state index < -0.39 is 10.8 Å². The first-order valence-electron chi connectivity index (χ1n) is 24.3. The first-order chi connectivity index (χ1) is 34.2. The van der Waals surface area contributed by atoms with Crippen LogP contribution in [0.1, 0.15) is 57.3 Å². The predicted octanol–water partition coefficient (Wildman–Crippen LogP) is 17.3. The van der Waals surface area contributed by atoms with Gasteiger partial charge in [-0.25, -0.2) is 0 Å². The van der Waals surface area contributed by atoms with E-state index in [1.807, 2.05) is 0 Å². The number of nitrogens with zero attached hydrogens (tertiary/aromatic N) is 1. The number of anilines is 3. The van der Waals surface area contributed by atoms with Crippen molar-refractivity contribution in [1.82, 2.24) is 0 Å². The number of hydrogen-bond acceptors (Lipinski definition) is 1. The van der Waals surface area contributed by atoms with Gasteiger partial charge in [-0.2, -0.15) is 0 Å². The van der Waals surface area contributed by atoms with Gasteiger partial charge < -0.3 is 4.90 Å². The van der Waals surface area contributed by atoms with Gasteiger partial charge in [-0.15, -0.1) is 0 Å². The van der Waals surface area contributed by atoms with Gasteiger partial charge in [0.15, 0.2) is 0 Å². The molecular formula is C68H49N. The maximum absolute atomic E-state index is 2.50. The highest BCUT2D eigenvalue weighted by atomic mass is 15.1. The van der Waals surface area contributed by atoms with Gasteiger partial charge in [0.1, 0.15) is 0 Å². The Morgan fingerprint density at radius 3 is 1.12 bits per heavy atom. The van der Waals surface area contributed by atoms with Crippen molar-refractivity contribution < 1.29 is 0 Å². The average Bonchev–Trinajstić information content (AvgIpc) is 3.74. The summed E-state index contributed by atoms with van der Waals surface area (Å²) < 4.78 is 0. The molecule has 0 aromatic heterocycles. The van der Waals surface area contributed by atoms with Crippen molar-refractivity contribution in [1.29, 1.82) is 0 Å². The summed E-state index contributed by atoms with van der Waals surface area (Å²) in [7, 11) is 0. The first kappa shape index (κ1) is 40.7. The maximum atomic E-state index is 2.50. The number of allylic oxidation sites excluding steroid dienone is 4. The second-order valence-electron chi connectivity index (χ2n) is 18.6. The molecule has 0 fully saturated rings. The third-order valence-corrected chi connectivity index (χ3v) is 15.1. The normalized spacial score (nSPS) is 14.7. The van der Waals surface area contributed by atoms with Crippen molar-refractivity contribution in [3.05, 3.63) is 323 Å². The molecular weight excluding hydrogens is 831 g/mol. The van der Waals surface area contributed by atoms with Crippen LogP contribution in [0.2, 0.25) is 0 Å². The van der Waals surface area contributed by atoms with Gasteiger partial charge in [-0.3, -0.25) is 0 Å². The molecule has 0 heterocycles. The molecule has 10 aromatic carbocycles. The molecule has 3 aliphatic rings. The van der Waals surface area contributed by atoms with E-state index in [2.05, 4.69) is 278 Å². The van der Waals surface area contributed by atoms with Crippen LogP contribution in [-0.4, -0.2) is 0 Å². The Bertz CT molecular complexity index is 3460. The molecule has 0 bridgehead atoms. The first-order valence-corrected chi connectivity index (χ1v) is 24.3. The molecule has 69 heavy (non-hydrogen) atoms. The van der Waals surface area contributed by atoms with Gasteiger partial charge in [0, 0.05) is 16.9 Å². The molecule has 0 saturated carbocycles. The third kappa shape index (κ3) is 6.31. The van der Waals surface area contributed by atoms with Gasteiger partial charge in [0.2, 0.25) is 0 Å². The molecule has 3 aliphatic carbocycles. The van der Waals surface area contributed by atoms with Crippen LogP contribution in [0.5, 0.6) is 0 Å². The van der Waals surface area contributed by atoms with Gasteiger partial charge in [-0.05, 0) is 127 Å². The summed E-state index contributed by atoms with van der Waals surface area (Å²) in [6.07, 6.45) is 6.80. The second kappa shape index (κ2) is 16.7.